The number of fused-ring (bicyclic) bond motifs is 2. The fourth-order valence-corrected chi connectivity index (χ4v) is 6.82. The molecule has 1 aliphatic heterocycles. The quantitative estimate of drug-likeness (QED) is 0.195. The summed E-state index contributed by atoms with van der Waals surface area (Å²) in [6.45, 7) is 11.0. The van der Waals surface area contributed by atoms with Crippen molar-refractivity contribution in [3.63, 3.8) is 0 Å². The summed E-state index contributed by atoms with van der Waals surface area (Å²) in [5, 5.41) is 1.34. The molecule has 0 unspecified atom stereocenters. The number of aromatic amines is 1. The molecule has 1 N–H and O–H groups in total. The predicted molar refractivity (Wildman–Crippen MR) is 178 cm³/mol. The number of carbonyl (C=O) groups excluding carboxylic acids is 1. The van der Waals surface area contributed by atoms with E-state index in [0.29, 0.717) is 6.04 Å². The van der Waals surface area contributed by atoms with Crippen LogP contribution in [0.2, 0.25) is 0 Å². The Bertz CT molecular complexity index is 1040. The van der Waals surface area contributed by atoms with E-state index in [2.05, 4.69) is 75.1 Å². The van der Waals surface area contributed by atoms with Crippen LogP contribution in [0.4, 0.5) is 0 Å². The number of H-pyrrole nitrogens is 1. The van der Waals surface area contributed by atoms with Crippen LogP contribution in [0.1, 0.15) is 135 Å². The molecule has 230 valence electrons. The highest BCUT2D eigenvalue weighted by Crippen LogP contribution is 2.41. The fourth-order valence-electron chi connectivity index (χ4n) is 6.82. The van der Waals surface area contributed by atoms with Crippen LogP contribution in [0.15, 0.2) is 30.5 Å². The lowest BCUT2D eigenvalue weighted by Gasteiger charge is -2.40. The lowest BCUT2D eigenvalue weighted by Crippen LogP contribution is -2.47. The molecule has 2 aliphatic rings. The van der Waals surface area contributed by atoms with Crippen LogP contribution < -0.4 is 0 Å². The van der Waals surface area contributed by atoms with E-state index in [9.17, 15) is 4.79 Å². The summed E-state index contributed by atoms with van der Waals surface area (Å²) in [6, 6.07) is 6.82. The Hall–Kier alpha value is -2.07. The van der Waals surface area contributed by atoms with Crippen molar-refractivity contribution in [3.05, 3.63) is 41.6 Å². The minimum atomic E-state index is -0.0445. The summed E-state index contributed by atoms with van der Waals surface area (Å²) in [7, 11) is 2.15. The topological polar surface area (TPSA) is 39.3 Å². The first kappa shape index (κ1) is 33.4. The Kier molecular flexibility index (Phi) is 15.1. The summed E-state index contributed by atoms with van der Waals surface area (Å²) < 4.78 is 0. The molecule has 4 nitrogen and oxygen atoms in total. The first-order valence-electron chi connectivity index (χ1n) is 17.4. The van der Waals surface area contributed by atoms with E-state index in [1.54, 1.807) is 0 Å². The van der Waals surface area contributed by atoms with E-state index in [0.717, 1.165) is 26.1 Å². The monoisotopic (exact) mass is 563 g/mol. The van der Waals surface area contributed by atoms with Crippen molar-refractivity contribution in [2.45, 2.75) is 136 Å². The van der Waals surface area contributed by atoms with Gasteiger partial charge in [-0.3, -0.25) is 9.69 Å². The second kappa shape index (κ2) is 18.5. The molecule has 4 heteroatoms. The number of likely N-dealkylation sites (N-methyl/N-ethyl adjacent to an activating group) is 1. The van der Waals surface area contributed by atoms with Crippen LogP contribution >= 0.6 is 0 Å². The summed E-state index contributed by atoms with van der Waals surface area (Å²) >= 11 is 0. The SMILES string of the molecule is CCCCCCCCCCCCCCCCC.CCN(CC)C(=O)[C@@H]1C=C2c3cccc4[nH]cc(c34)C[C@H]2N(C)C1. The summed E-state index contributed by atoms with van der Waals surface area (Å²) in [5.74, 6) is 0.210. The van der Waals surface area contributed by atoms with E-state index in [-0.39, 0.29) is 11.8 Å². The van der Waals surface area contributed by atoms with Crippen LogP contribution in [-0.4, -0.2) is 53.4 Å². The normalized spacial score (nSPS) is 18.0. The zero-order chi connectivity index (χ0) is 29.5. The van der Waals surface area contributed by atoms with Gasteiger partial charge in [-0.15, -0.1) is 0 Å². The van der Waals surface area contributed by atoms with Gasteiger partial charge in [-0.1, -0.05) is 128 Å². The fraction of sp³-hybridized carbons (Fsp3) is 0.703. The number of nitrogens with zero attached hydrogens (tertiary/aromatic N) is 2. The molecule has 1 aliphatic carbocycles. The maximum atomic E-state index is 12.9. The minimum Gasteiger partial charge on any atom is -0.361 e. The zero-order valence-corrected chi connectivity index (χ0v) is 27.3. The number of unbranched alkanes of at least 4 members (excludes halogenated alkanes) is 14. The molecule has 0 saturated heterocycles. The first-order chi connectivity index (χ1) is 20.0. The van der Waals surface area contributed by atoms with Crippen molar-refractivity contribution in [1.29, 1.82) is 0 Å². The third-order valence-corrected chi connectivity index (χ3v) is 9.37. The zero-order valence-electron chi connectivity index (χ0n) is 27.3. The number of carbonyl (C=O) groups is 1. The van der Waals surface area contributed by atoms with Gasteiger partial charge in [0.15, 0.2) is 0 Å². The third kappa shape index (κ3) is 9.73. The number of rotatable bonds is 17. The maximum Gasteiger partial charge on any atom is 0.230 e. The molecule has 41 heavy (non-hydrogen) atoms. The van der Waals surface area contributed by atoms with Crippen LogP contribution in [0.3, 0.4) is 0 Å². The van der Waals surface area contributed by atoms with E-state index in [4.69, 9.17) is 0 Å². The molecule has 2 aromatic rings. The molecule has 2 heterocycles. The predicted octanol–water partition coefficient (Wildman–Crippen LogP) is 9.78. The third-order valence-electron chi connectivity index (χ3n) is 9.37. The van der Waals surface area contributed by atoms with Gasteiger partial charge >= 0.3 is 0 Å². The Balaban J connectivity index is 0.000000242. The number of benzene rings is 1. The maximum absolute atomic E-state index is 12.9. The molecule has 1 amide bonds. The first-order valence-corrected chi connectivity index (χ1v) is 17.4. The van der Waals surface area contributed by atoms with Crippen LogP contribution in [0.25, 0.3) is 16.5 Å². The van der Waals surface area contributed by atoms with E-state index < -0.39 is 0 Å². The van der Waals surface area contributed by atoms with Gasteiger partial charge in [0.05, 0.1) is 5.92 Å². The number of nitrogens with one attached hydrogen (secondary N) is 1. The van der Waals surface area contributed by atoms with Gasteiger partial charge in [0.25, 0.3) is 0 Å². The second-order valence-corrected chi connectivity index (χ2v) is 12.5. The molecule has 1 aromatic carbocycles. The summed E-state index contributed by atoms with van der Waals surface area (Å²) in [4.78, 5) is 20.6. The Labute approximate surface area is 252 Å². The molecule has 0 saturated carbocycles. The Morgan fingerprint density at radius 2 is 1.37 bits per heavy atom. The smallest absolute Gasteiger partial charge is 0.230 e. The molecule has 2 atom stereocenters. The van der Waals surface area contributed by atoms with Crippen LogP contribution in [0, 0.1) is 5.92 Å². The van der Waals surface area contributed by atoms with Gasteiger partial charge in [0.2, 0.25) is 5.91 Å². The highest BCUT2D eigenvalue weighted by atomic mass is 16.2. The largest absolute Gasteiger partial charge is 0.361 e. The molecule has 0 bridgehead atoms. The number of amides is 1. The van der Waals surface area contributed by atoms with Crippen LogP contribution in [-0.2, 0) is 11.2 Å². The van der Waals surface area contributed by atoms with E-state index in [1.165, 1.54) is 124 Å². The Morgan fingerprint density at radius 3 is 1.88 bits per heavy atom. The van der Waals surface area contributed by atoms with Gasteiger partial charge < -0.3 is 9.88 Å². The van der Waals surface area contributed by atoms with Crippen molar-refractivity contribution in [3.8, 4) is 0 Å². The molecule has 1 aromatic heterocycles. The molecule has 4 rings (SSSR count). The van der Waals surface area contributed by atoms with Gasteiger partial charge in [0, 0.05) is 42.8 Å². The van der Waals surface area contributed by atoms with Crippen molar-refractivity contribution < 1.29 is 4.79 Å². The minimum absolute atomic E-state index is 0.0445. The molecule has 0 spiro atoms. The van der Waals surface area contributed by atoms with E-state index >= 15 is 0 Å². The Morgan fingerprint density at radius 1 is 0.829 bits per heavy atom. The molecule has 0 fully saturated rings. The van der Waals surface area contributed by atoms with Crippen LogP contribution in [0.5, 0.6) is 0 Å². The average Bonchev–Trinajstić information content (AvgIpc) is 3.41. The summed E-state index contributed by atoms with van der Waals surface area (Å²) in [5.41, 5.74) is 5.21. The van der Waals surface area contributed by atoms with Gasteiger partial charge in [-0.2, -0.15) is 0 Å². The van der Waals surface area contributed by atoms with Gasteiger partial charge in [-0.05, 0) is 50.1 Å². The van der Waals surface area contributed by atoms with Crippen molar-refractivity contribution in [2.24, 2.45) is 5.92 Å². The average molecular weight is 564 g/mol. The standard InChI is InChI=1S/C20H25N3O.C17H36/c1-4-23(5-2)20(24)14-9-16-15-7-6-8-17-19(15)13(11-21-17)10-18(16)22(3)12-14;1-3-5-7-9-11-13-15-17-16-14-12-10-8-6-4-2/h6-9,11,14,18,21H,4-5,10,12H2,1-3H3;3-17H2,1-2H3/t14-,18-;/m1./s1. The lowest BCUT2D eigenvalue weighted by atomic mass is 9.79. The van der Waals surface area contributed by atoms with Crippen molar-refractivity contribution in [1.82, 2.24) is 14.8 Å². The van der Waals surface area contributed by atoms with Gasteiger partial charge in [0.1, 0.15) is 0 Å². The molecular weight excluding hydrogens is 502 g/mol. The van der Waals surface area contributed by atoms with Crippen molar-refractivity contribution >= 4 is 22.4 Å². The molecular formula is C37H61N3O. The second-order valence-electron chi connectivity index (χ2n) is 12.5. The lowest BCUT2D eigenvalue weighted by molar-refractivity contribution is -0.134. The summed E-state index contributed by atoms with van der Waals surface area (Å²) in [6.07, 6.45) is 27.3. The number of aromatic nitrogens is 1. The van der Waals surface area contributed by atoms with E-state index in [1.807, 2.05) is 4.90 Å². The highest BCUT2D eigenvalue weighted by Gasteiger charge is 2.36. The molecule has 0 radical (unpaired) electrons. The highest BCUT2D eigenvalue weighted by molar-refractivity contribution is 5.99. The number of hydrogen-bond donors (Lipinski definition) is 1. The number of hydrogen-bond acceptors (Lipinski definition) is 2. The van der Waals surface area contributed by atoms with Gasteiger partial charge in [-0.25, -0.2) is 0 Å². The van der Waals surface area contributed by atoms with Crippen molar-refractivity contribution in [2.75, 3.05) is 26.7 Å².